The van der Waals surface area contributed by atoms with Gasteiger partial charge in [0.15, 0.2) is 11.2 Å². The Kier molecular flexibility index (Phi) is 3.09. The lowest BCUT2D eigenvalue weighted by Crippen LogP contribution is -2.37. The van der Waals surface area contributed by atoms with Crippen LogP contribution in [0.15, 0.2) is 38.3 Å². The van der Waals surface area contributed by atoms with Gasteiger partial charge in [0.25, 0.3) is 5.56 Å². The van der Waals surface area contributed by atoms with Gasteiger partial charge in [-0.2, -0.15) is 0 Å². The Morgan fingerprint density at radius 3 is 2.43 bits per heavy atom. The van der Waals surface area contributed by atoms with Crippen molar-refractivity contribution >= 4 is 27.1 Å². The number of fused-ring (bicyclic) bond motifs is 1. The average Bonchev–Trinajstić information content (AvgIpc) is 2.81. The third-order valence-electron chi connectivity index (χ3n) is 3.56. The summed E-state index contributed by atoms with van der Waals surface area (Å²) in [7, 11) is 4.86. The van der Waals surface area contributed by atoms with Gasteiger partial charge in [0.05, 0.1) is 0 Å². The molecular formula is C14H13BrN4O2. The van der Waals surface area contributed by atoms with Gasteiger partial charge in [0, 0.05) is 31.2 Å². The molecule has 0 radical (unpaired) electrons. The lowest BCUT2D eigenvalue weighted by atomic mass is 10.2. The highest BCUT2D eigenvalue weighted by molar-refractivity contribution is 9.10. The van der Waals surface area contributed by atoms with E-state index in [1.165, 1.54) is 11.6 Å². The first kappa shape index (κ1) is 13.8. The van der Waals surface area contributed by atoms with E-state index in [-0.39, 0.29) is 11.2 Å². The van der Waals surface area contributed by atoms with Crippen LogP contribution in [0.3, 0.4) is 0 Å². The van der Waals surface area contributed by atoms with E-state index in [0.717, 1.165) is 14.6 Å². The highest BCUT2D eigenvalue weighted by Gasteiger charge is 2.17. The molecule has 0 saturated carbocycles. The summed E-state index contributed by atoms with van der Waals surface area (Å²) in [6.45, 7) is 0. The van der Waals surface area contributed by atoms with Gasteiger partial charge in [-0.05, 0) is 12.1 Å². The largest absolute Gasteiger partial charge is 0.332 e. The summed E-state index contributed by atoms with van der Waals surface area (Å²) >= 11 is 3.42. The molecular weight excluding hydrogens is 336 g/mol. The number of nitrogens with zero attached hydrogens (tertiary/aromatic N) is 4. The van der Waals surface area contributed by atoms with Gasteiger partial charge in [0.2, 0.25) is 0 Å². The summed E-state index contributed by atoms with van der Waals surface area (Å²) < 4.78 is 5.13. The molecule has 3 aromatic rings. The SMILES string of the molecule is Cn1c(=O)c2c(nc(-c3cccc(Br)c3)n2C)n(C)c1=O. The molecule has 0 N–H and O–H groups in total. The van der Waals surface area contributed by atoms with E-state index in [2.05, 4.69) is 20.9 Å². The van der Waals surface area contributed by atoms with Gasteiger partial charge in [-0.3, -0.25) is 13.9 Å². The van der Waals surface area contributed by atoms with Crippen LogP contribution in [0, 0.1) is 0 Å². The Labute approximate surface area is 128 Å². The number of imidazole rings is 1. The maximum absolute atomic E-state index is 12.3. The minimum atomic E-state index is -0.383. The Morgan fingerprint density at radius 2 is 1.76 bits per heavy atom. The van der Waals surface area contributed by atoms with E-state index in [1.807, 2.05) is 24.3 Å². The first-order chi connectivity index (χ1) is 9.91. The molecule has 7 heteroatoms. The smallest absolute Gasteiger partial charge is 0.321 e. The second-order valence-corrected chi connectivity index (χ2v) is 5.80. The fourth-order valence-corrected chi connectivity index (χ4v) is 2.80. The average molecular weight is 349 g/mol. The summed E-state index contributed by atoms with van der Waals surface area (Å²) in [4.78, 5) is 28.8. The molecule has 3 rings (SSSR count). The topological polar surface area (TPSA) is 61.8 Å². The monoisotopic (exact) mass is 348 g/mol. The van der Waals surface area contributed by atoms with E-state index < -0.39 is 0 Å². The van der Waals surface area contributed by atoms with Gasteiger partial charge in [-0.1, -0.05) is 28.1 Å². The quantitative estimate of drug-likeness (QED) is 0.667. The number of halogens is 1. The van der Waals surface area contributed by atoms with Gasteiger partial charge in [-0.25, -0.2) is 9.78 Å². The molecule has 2 aromatic heterocycles. The fraction of sp³-hybridized carbons (Fsp3) is 0.214. The first-order valence-electron chi connectivity index (χ1n) is 6.30. The van der Waals surface area contributed by atoms with Crippen LogP contribution in [0.2, 0.25) is 0 Å². The molecule has 0 saturated heterocycles. The third-order valence-corrected chi connectivity index (χ3v) is 4.05. The molecule has 0 aliphatic heterocycles. The molecule has 1 aromatic carbocycles. The summed E-state index contributed by atoms with van der Waals surface area (Å²) in [5.41, 5.74) is 0.948. The van der Waals surface area contributed by atoms with E-state index in [9.17, 15) is 9.59 Å². The van der Waals surface area contributed by atoms with Crippen molar-refractivity contribution in [2.45, 2.75) is 0 Å². The molecule has 0 unspecified atom stereocenters. The molecule has 21 heavy (non-hydrogen) atoms. The van der Waals surface area contributed by atoms with Crippen LogP contribution in [-0.2, 0) is 21.1 Å². The molecule has 2 heterocycles. The van der Waals surface area contributed by atoms with Gasteiger partial charge < -0.3 is 4.57 Å². The van der Waals surface area contributed by atoms with Gasteiger partial charge in [-0.15, -0.1) is 0 Å². The number of aryl methyl sites for hydroxylation is 2. The predicted molar refractivity (Wildman–Crippen MR) is 84.3 cm³/mol. The zero-order chi connectivity index (χ0) is 15.3. The van der Waals surface area contributed by atoms with Crippen LogP contribution < -0.4 is 11.2 Å². The van der Waals surface area contributed by atoms with Crippen molar-refractivity contribution in [3.8, 4) is 11.4 Å². The van der Waals surface area contributed by atoms with Crippen molar-refractivity contribution < 1.29 is 0 Å². The number of hydrogen-bond acceptors (Lipinski definition) is 3. The minimum Gasteiger partial charge on any atom is -0.321 e. The molecule has 0 aliphatic rings. The summed E-state index contributed by atoms with van der Waals surface area (Å²) in [6.07, 6.45) is 0. The maximum Gasteiger partial charge on any atom is 0.332 e. The Bertz CT molecular complexity index is 981. The van der Waals surface area contributed by atoms with Crippen molar-refractivity contribution in [1.29, 1.82) is 0 Å². The third kappa shape index (κ3) is 1.96. The maximum atomic E-state index is 12.3. The van der Waals surface area contributed by atoms with E-state index >= 15 is 0 Å². The predicted octanol–water partition coefficient (Wildman–Crippen LogP) is 1.40. The molecule has 0 atom stereocenters. The van der Waals surface area contributed by atoms with Crippen molar-refractivity contribution in [3.63, 3.8) is 0 Å². The second kappa shape index (κ2) is 4.70. The molecule has 0 amide bonds. The molecule has 0 fully saturated rings. The summed E-state index contributed by atoms with van der Waals surface area (Å²) in [6, 6.07) is 7.65. The van der Waals surface area contributed by atoms with Gasteiger partial charge >= 0.3 is 5.69 Å². The number of hydrogen-bond donors (Lipinski definition) is 0. The van der Waals surface area contributed by atoms with Crippen LogP contribution in [0.1, 0.15) is 0 Å². The van der Waals surface area contributed by atoms with Crippen molar-refractivity contribution in [2.75, 3.05) is 0 Å². The Morgan fingerprint density at radius 1 is 1.05 bits per heavy atom. The fourth-order valence-electron chi connectivity index (χ4n) is 2.40. The van der Waals surface area contributed by atoms with Crippen molar-refractivity contribution in [3.05, 3.63) is 49.6 Å². The van der Waals surface area contributed by atoms with Crippen LogP contribution in [0.5, 0.6) is 0 Å². The summed E-state index contributed by atoms with van der Waals surface area (Å²) in [5.74, 6) is 0.643. The molecule has 6 nitrogen and oxygen atoms in total. The minimum absolute atomic E-state index is 0.343. The molecule has 108 valence electrons. The zero-order valence-electron chi connectivity index (χ0n) is 11.8. The lowest BCUT2D eigenvalue weighted by Gasteiger charge is -2.04. The highest BCUT2D eigenvalue weighted by Crippen LogP contribution is 2.23. The second-order valence-electron chi connectivity index (χ2n) is 4.88. The van der Waals surface area contributed by atoms with Gasteiger partial charge in [0.1, 0.15) is 5.82 Å². The zero-order valence-corrected chi connectivity index (χ0v) is 13.4. The molecule has 0 aliphatic carbocycles. The van der Waals surface area contributed by atoms with Crippen LogP contribution in [0.25, 0.3) is 22.6 Å². The van der Waals surface area contributed by atoms with Crippen molar-refractivity contribution in [1.82, 2.24) is 18.7 Å². The van der Waals surface area contributed by atoms with Crippen LogP contribution >= 0.6 is 15.9 Å². The molecule has 0 spiro atoms. The van der Waals surface area contributed by atoms with E-state index in [1.54, 1.807) is 18.7 Å². The lowest BCUT2D eigenvalue weighted by molar-refractivity contribution is 0.705. The highest BCUT2D eigenvalue weighted by atomic mass is 79.9. The van der Waals surface area contributed by atoms with E-state index in [4.69, 9.17) is 0 Å². The standard InChI is InChI=1S/C14H13BrN4O2/c1-17-10-12(18(2)14(21)19(3)13(10)20)16-11(17)8-5-4-6-9(15)7-8/h4-7H,1-3H3. The molecule has 0 bridgehead atoms. The number of aromatic nitrogens is 4. The number of benzene rings is 1. The van der Waals surface area contributed by atoms with E-state index in [0.29, 0.717) is 17.0 Å². The normalized spacial score (nSPS) is 11.2. The van der Waals surface area contributed by atoms with Crippen LogP contribution in [0.4, 0.5) is 0 Å². The first-order valence-corrected chi connectivity index (χ1v) is 7.09. The Hall–Kier alpha value is -2.15. The van der Waals surface area contributed by atoms with Crippen molar-refractivity contribution in [2.24, 2.45) is 21.1 Å². The Balaban J connectivity index is 2.46. The van der Waals surface area contributed by atoms with Crippen LogP contribution in [-0.4, -0.2) is 18.7 Å². The summed E-state index contributed by atoms with van der Waals surface area (Å²) in [5, 5.41) is 0. The number of rotatable bonds is 1.